The normalized spacial score (nSPS) is 22.0. The number of carbonyl (C=O) groups is 1. The number of carbonyl (C=O) groups excluding carboxylic acids is 1. The molecule has 0 radical (unpaired) electrons. The number of fused-ring (bicyclic) bond motifs is 4. The standard InChI is InChI=1S/C23H30N6O2/c1-26(16-17-5-4-12-27-11-3-2-6-19(17)27)22(30)9-14-28-13-8-20-18(23(28)31)15-24-21-7-10-25-29(20)21/h7-8,10,13,15,17,19H,2-6,9,11-12,14,16H2,1H3/t17-,19-/m1/s1. The second kappa shape index (κ2) is 8.42. The van der Waals surface area contributed by atoms with Crippen molar-refractivity contribution >= 4 is 22.5 Å². The van der Waals surface area contributed by atoms with Crippen molar-refractivity contribution in [2.24, 2.45) is 5.92 Å². The van der Waals surface area contributed by atoms with Crippen molar-refractivity contribution in [1.82, 2.24) is 29.0 Å². The van der Waals surface area contributed by atoms with Gasteiger partial charge in [0, 0.05) is 51.1 Å². The summed E-state index contributed by atoms with van der Waals surface area (Å²) in [6.07, 6.45) is 11.6. The highest BCUT2D eigenvalue weighted by Crippen LogP contribution is 2.31. The van der Waals surface area contributed by atoms with Gasteiger partial charge in [-0.2, -0.15) is 5.10 Å². The van der Waals surface area contributed by atoms with Gasteiger partial charge in [0.2, 0.25) is 5.91 Å². The van der Waals surface area contributed by atoms with Gasteiger partial charge >= 0.3 is 0 Å². The number of aromatic nitrogens is 4. The molecule has 0 spiro atoms. The summed E-state index contributed by atoms with van der Waals surface area (Å²) in [5.74, 6) is 0.662. The van der Waals surface area contributed by atoms with Gasteiger partial charge in [-0.3, -0.25) is 9.59 Å². The maximum atomic E-state index is 12.9. The molecule has 2 atom stereocenters. The van der Waals surface area contributed by atoms with Crippen LogP contribution in [0.2, 0.25) is 0 Å². The summed E-state index contributed by atoms with van der Waals surface area (Å²) in [6.45, 7) is 3.61. The summed E-state index contributed by atoms with van der Waals surface area (Å²) in [5.41, 5.74) is 1.30. The van der Waals surface area contributed by atoms with Crippen molar-refractivity contribution < 1.29 is 4.79 Å². The molecule has 0 unspecified atom stereocenters. The highest BCUT2D eigenvalue weighted by Gasteiger charge is 2.33. The smallest absolute Gasteiger partial charge is 0.261 e. The van der Waals surface area contributed by atoms with E-state index in [9.17, 15) is 9.59 Å². The first kappa shape index (κ1) is 20.2. The number of rotatable bonds is 5. The van der Waals surface area contributed by atoms with Crippen molar-refractivity contribution in [2.75, 3.05) is 26.7 Å². The molecule has 0 saturated carbocycles. The van der Waals surface area contributed by atoms with Gasteiger partial charge in [-0.25, -0.2) is 9.50 Å². The summed E-state index contributed by atoms with van der Waals surface area (Å²) in [4.78, 5) is 34.6. The fourth-order valence-corrected chi connectivity index (χ4v) is 5.43. The Morgan fingerprint density at radius 2 is 2.06 bits per heavy atom. The molecule has 5 heterocycles. The summed E-state index contributed by atoms with van der Waals surface area (Å²) >= 11 is 0. The molecular weight excluding hydrogens is 392 g/mol. The fourth-order valence-electron chi connectivity index (χ4n) is 5.43. The number of piperidine rings is 2. The number of hydrogen-bond acceptors (Lipinski definition) is 5. The Hall–Kier alpha value is -2.74. The van der Waals surface area contributed by atoms with Crippen LogP contribution in [0.25, 0.3) is 16.6 Å². The third kappa shape index (κ3) is 3.84. The Labute approximate surface area is 181 Å². The topological polar surface area (TPSA) is 75.7 Å². The summed E-state index contributed by atoms with van der Waals surface area (Å²) < 4.78 is 3.27. The van der Waals surface area contributed by atoms with Crippen LogP contribution in [0.1, 0.15) is 38.5 Å². The Bertz CT molecular complexity index is 1150. The number of hydrogen-bond donors (Lipinski definition) is 0. The van der Waals surface area contributed by atoms with Crippen molar-refractivity contribution in [2.45, 2.75) is 51.1 Å². The molecule has 2 aliphatic rings. The maximum absolute atomic E-state index is 12.9. The molecule has 2 fully saturated rings. The van der Waals surface area contributed by atoms with Gasteiger partial charge in [0.15, 0.2) is 5.65 Å². The molecule has 8 heteroatoms. The van der Waals surface area contributed by atoms with E-state index in [-0.39, 0.29) is 11.5 Å². The van der Waals surface area contributed by atoms with E-state index in [1.807, 2.05) is 18.0 Å². The molecule has 8 nitrogen and oxygen atoms in total. The van der Waals surface area contributed by atoms with Crippen LogP contribution in [0.4, 0.5) is 0 Å². The lowest BCUT2D eigenvalue weighted by molar-refractivity contribution is -0.131. The van der Waals surface area contributed by atoms with Crippen LogP contribution in [0.5, 0.6) is 0 Å². The molecule has 1 amide bonds. The Morgan fingerprint density at radius 1 is 1.19 bits per heavy atom. The average Bonchev–Trinajstić information content (AvgIpc) is 3.28. The summed E-state index contributed by atoms with van der Waals surface area (Å²) in [5, 5.41) is 4.75. The number of amides is 1. The lowest BCUT2D eigenvalue weighted by Crippen LogP contribution is -2.51. The summed E-state index contributed by atoms with van der Waals surface area (Å²) in [7, 11) is 1.91. The molecule has 0 aromatic carbocycles. The van der Waals surface area contributed by atoms with E-state index < -0.39 is 0 Å². The van der Waals surface area contributed by atoms with E-state index in [4.69, 9.17) is 0 Å². The molecule has 2 saturated heterocycles. The molecular formula is C23H30N6O2. The van der Waals surface area contributed by atoms with E-state index in [1.54, 1.807) is 33.7 Å². The Kier molecular flexibility index (Phi) is 5.48. The SMILES string of the molecule is CN(C[C@H]1CCCN2CCCC[C@H]12)C(=O)CCn1ccc2c(cnc3ccnn32)c1=O. The van der Waals surface area contributed by atoms with Crippen molar-refractivity contribution in [3.8, 4) is 0 Å². The monoisotopic (exact) mass is 422 g/mol. The summed E-state index contributed by atoms with van der Waals surface area (Å²) in [6, 6.07) is 4.30. The average molecular weight is 423 g/mol. The highest BCUT2D eigenvalue weighted by molar-refractivity contribution is 5.79. The predicted molar refractivity (Wildman–Crippen MR) is 119 cm³/mol. The minimum Gasteiger partial charge on any atom is -0.345 e. The van der Waals surface area contributed by atoms with Gasteiger partial charge < -0.3 is 14.4 Å². The van der Waals surface area contributed by atoms with Crippen LogP contribution in [0, 0.1) is 5.92 Å². The molecule has 31 heavy (non-hydrogen) atoms. The van der Waals surface area contributed by atoms with Crippen molar-refractivity contribution in [3.63, 3.8) is 0 Å². The minimum atomic E-state index is -0.136. The third-order valence-corrected chi connectivity index (χ3v) is 7.09. The first-order chi connectivity index (χ1) is 15.1. The van der Waals surface area contributed by atoms with Crippen LogP contribution in [-0.2, 0) is 11.3 Å². The zero-order valence-corrected chi connectivity index (χ0v) is 18.1. The maximum Gasteiger partial charge on any atom is 0.261 e. The van der Waals surface area contributed by atoms with Crippen LogP contribution in [0.15, 0.2) is 35.5 Å². The van der Waals surface area contributed by atoms with Crippen molar-refractivity contribution in [3.05, 3.63) is 41.1 Å². The lowest BCUT2D eigenvalue weighted by Gasteiger charge is -2.45. The van der Waals surface area contributed by atoms with Crippen LogP contribution in [0.3, 0.4) is 0 Å². The Morgan fingerprint density at radius 3 is 2.97 bits per heavy atom. The zero-order chi connectivity index (χ0) is 21.4. The molecule has 0 N–H and O–H groups in total. The van der Waals surface area contributed by atoms with Gasteiger partial charge in [0.1, 0.15) is 0 Å². The zero-order valence-electron chi connectivity index (χ0n) is 18.1. The number of aryl methyl sites for hydroxylation is 1. The van der Waals surface area contributed by atoms with Gasteiger partial charge in [-0.1, -0.05) is 6.42 Å². The second-order valence-electron chi connectivity index (χ2n) is 9.00. The van der Waals surface area contributed by atoms with E-state index >= 15 is 0 Å². The van der Waals surface area contributed by atoms with Crippen LogP contribution >= 0.6 is 0 Å². The Balaban J connectivity index is 1.24. The molecule has 5 rings (SSSR count). The van der Waals surface area contributed by atoms with Crippen molar-refractivity contribution in [1.29, 1.82) is 0 Å². The van der Waals surface area contributed by atoms with E-state index in [1.165, 1.54) is 45.2 Å². The molecule has 3 aromatic heterocycles. The minimum absolute atomic E-state index is 0.0978. The van der Waals surface area contributed by atoms with E-state index in [0.29, 0.717) is 36.0 Å². The lowest BCUT2D eigenvalue weighted by atomic mass is 9.83. The van der Waals surface area contributed by atoms with Gasteiger partial charge in [0.05, 0.1) is 17.1 Å². The van der Waals surface area contributed by atoms with Gasteiger partial charge in [0.25, 0.3) is 5.56 Å². The van der Waals surface area contributed by atoms with Crippen LogP contribution < -0.4 is 5.56 Å². The van der Waals surface area contributed by atoms with Gasteiger partial charge in [-0.05, 0) is 50.8 Å². The van der Waals surface area contributed by atoms with Crippen LogP contribution in [-0.4, -0.2) is 67.6 Å². The predicted octanol–water partition coefficient (Wildman–Crippen LogP) is 2.16. The molecule has 0 aliphatic carbocycles. The first-order valence-corrected chi connectivity index (χ1v) is 11.4. The quantitative estimate of drug-likeness (QED) is 0.630. The first-order valence-electron chi connectivity index (χ1n) is 11.4. The molecule has 2 aliphatic heterocycles. The third-order valence-electron chi connectivity index (χ3n) is 7.09. The molecule has 164 valence electrons. The number of pyridine rings is 1. The molecule has 3 aromatic rings. The highest BCUT2D eigenvalue weighted by atomic mass is 16.2. The number of nitrogens with zero attached hydrogens (tertiary/aromatic N) is 6. The van der Waals surface area contributed by atoms with E-state index in [2.05, 4.69) is 15.0 Å². The largest absolute Gasteiger partial charge is 0.345 e. The molecule has 0 bridgehead atoms. The second-order valence-corrected chi connectivity index (χ2v) is 9.00. The van der Waals surface area contributed by atoms with Gasteiger partial charge in [-0.15, -0.1) is 0 Å². The fraction of sp³-hybridized carbons (Fsp3) is 0.565. The van der Waals surface area contributed by atoms with E-state index in [0.717, 1.165) is 12.1 Å².